The van der Waals surface area contributed by atoms with Crippen LogP contribution in [0.25, 0.3) is 22.2 Å². The van der Waals surface area contributed by atoms with Crippen molar-refractivity contribution in [3.8, 4) is 11.1 Å². The molecule has 0 N–H and O–H groups in total. The van der Waals surface area contributed by atoms with Gasteiger partial charge in [0.25, 0.3) is 0 Å². The molecule has 5 nitrogen and oxygen atoms in total. The van der Waals surface area contributed by atoms with Gasteiger partial charge in [-0.1, -0.05) is 58.2 Å². The van der Waals surface area contributed by atoms with Crippen LogP contribution in [-0.4, -0.2) is 26.9 Å². The van der Waals surface area contributed by atoms with Crippen LogP contribution >= 0.6 is 0 Å². The second kappa shape index (κ2) is 12.1. The van der Waals surface area contributed by atoms with Gasteiger partial charge in [-0.15, -0.1) is 0 Å². The van der Waals surface area contributed by atoms with Crippen molar-refractivity contribution in [2.45, 2.75) is 131 Å². The summed E-state index contributed by atoms with van der Waals surface area (Å²) in [4.78, 5) is 5.44. The van der Waals surface area contributed by atoms with Gasteiger partial charge in [-0.25, -0.2) is 4.98 Å². The van der Waals surface area contributed by atoms with E-state index in [1.54, 1.807) is 0 Å². The molecule has 1 saturated carbocycles. The van der Waals surface area contributed by atoms with Gasteiger partial charge in [0.1, 0.15) is 11.6 Å². The number of hydrogen-bond donors (Lipinski definition) is 0. The normalized spacial score (nSPS) is 21.0. The van der Waals surface area contributed by atoms with Gasteiger partial charge in [-0.2, -0.15) is 0 Å². The van der Waals surface area contributed by atoms with Crippen molar-refractivity contribution in [1.82, 2.24) is 14.7 Å². The maximum Gasteiger partial charge on any atom is 0.141 e. The van der Waals surface area contributed by atoms with Crippen LogP contribution in [0.2, 0.25) is 0 Å². The molecule has 1 aromatic carbocycles. The Bertz CT molecular complexity index is 1130. The summed E-state index contributed by atoms with van der Waals surface area (Å²) in [5, 5.41) is 4.20. The molecule has 204 valence electrons. The van der Waals surface area contributed by atoms with E-state index in [1.807, 2.05) is 13.8 Å². The third-order valence-corrected chi connectivity index (χ3v) is 8.84. The molecule has 0 amide bonds. The van der Waals surface area contributed by atoms with E-state index >= 15 is 0 Å². The van der Waals surface area contributed by atoms with Crippen LogP contribution in [0, 0.1) is 25.7 Å². The van der Waals surface area contributed by atoms with Gasteiger partial charge in [0.05, 0.1) is 28.9 Å². The van der Waals surface area contributed by atoms with Crippen molar-refractivity contribution in [2.24, 2.45) is 11.8 Å². The molecule has 0 bridgehead atoms. The fraction of sp³-hybridized carbons (Fsp3) is 0.688. The van der Waals surface area contributed by atoms with Crippen LogP contribution in [0.1, 0.15) is 122 Å². The largest absolute Gasteiger partial charge is 0.376 e. The van der Waals surface area contributed by atoms with Crippen LogP contribution < -0.4 is 0 Å². The van der Waals surface area contributed by atoms with Crippen LogP contribution in [0.4, 0.5) is 0 Å². The Morgan fingerprint density at radius 2 is 1.73 bits per heavy atom. The van der Waals surface area contributed by atoms with Crippen molar-refractivity contribution in [2.75, 3.05) is 0 Å². The number of benzene rings is 1. The highest BCUT2D eigenvalue weighted by Gasteiger charge is 2.31. The van der Waals surface area contributed by atoms with Gasteiger partial charge in [0.2, 0.25) is 0 Å². The molecule has 1 fully saturated rings. The van der Waals surface area contributed by atoms with E-state index < -0.39 is 0 Å². The molecule has 0 spiro atoms. The van der Waals surface area contributed by atoms with E-state index in [2.05, 4.69) is 69.5 Å². The highest BCUT2D eigenvalue weighted by molar-refractivity contribution is 5.84. The van der Waals surface area contributed by atoms with Gasteiger partial charge in [0.15, 0.2) is 0 Å². The number of aromatic nitrogens is 3. The number of fused-ring (bicyclic) bond motifs is 1. The predicted molar refractivity (Wildman–Crippen MR) is 153 cm³/mol. The monoisotopic (exact) mass is 507 g/mol. The molecule has 0 saturated heterocycles. The fourth-order valence-electron chi connectivity index (χ4n) is 6.26. The van der Waals surface area contributed by atoms with E-state index in [4.69, 9.17) is 14.2 Å². The topological polar surface area (TPSA) is 53.1 Å². The summed E-state index contributed by atoms with van der Waals surface area (Å²) in [5.41, 5.74) is 5.56. The van der Waals surface area contributed by atoms with Crippen LogP contribution in [0.15, 0.2) is 22.7 Å². The van der Waals surface area contributed by atoms with Gasteiger partial charge in [-0.3, -0.25) is 0 Å². The van der Waals surface area contributed by atoms with Gasteiger partial charge >= 0.3 is 0 Å². The Morgan fingerprint density at radius 3 is 2.32 bits per heavy atom. The minimum atomic E-state index is 0.296. The lowest BCUT2D eigenvalue weighted by molar-refractivity contribution is -0.0185. The van der Waals surface area contributed by atoms with Gasteiger partial charge in [-0.05, 0) is 89.3 Å². The fourth-order valence-corrected chi connectivity index (χ4v) is 6.26. The van der Waals surface area contributed by atoms with E-state index in [0.717, 1.165) is 59.7 Å². The minimum Gasteiger partial charge on any atom is -0.376 e. The Balaban J connectivity index is 1.77. The maximum absolute atomic E-state index is 6.19. The third kappa shape index (κ3) is 6.13. The average Bonchev–Trinajstić information content (AvgIpc) is 3.42. The molecule has 37 heavy (non-hydrogen) atoms. The van der Waals surface area contributed by atoms with Crippen molar-refractivity contribution < 1.29 is 9.26 Å². The maximum atomic E-state index is 6.19. The minimum absolute atomic E-state index is 0.296. The SMILES string of the molecule is CC[C@@H](C)CCC(c1nc2cc(-c3c(C)noc3C)ccc2n1C1CCC(OC(C)C)CC1)[C@H](C)CC. The molecule has 3 atom stereocenters. The molecule has 1 unspecified atom stereocenters. The van der Waals surface area contributed by atoms with Crippen molar-refractivity contribution in [3.63, 3.8) is 0 Å². The zero-order valence-corrected chi connectivity index (χ0v) is 24.5. The quantitative estimate of drug-likeness (QED) is 0.259. The molecular weight excluding hydrogens is 458 g/mol. The summed E-state index contributed by atoms with van der Waals surface area (Å²) in [6.07, 6.45) is 10.1. The van der Waals surface area contributed by atoms with E-state index in [0.29, 0.717) is 30.1 Å². The zero-order valence-electron chi connectivity index (χ0n) is 24.5. The molecule has 4 rings (SSSR count). The lowest BCUT2D eigenvalue weighted by Gasteiger charge is -2.33. The second-order valence-corrected chi connectivity index (χ2v) is 11.9. The number of nitrogens with zero attached hydrogens (tertiary/aromatic N) is 3. The molecular formula is C32H49N3O2. The van der Waals surface area contributed by atoms with Gasteiger partial charge in [0, 0.05) is 17.5 Å². The predicted octanol–water partition coefficient (Wildman–Crippen LogP) is 9.17. The first-order chi connectivity index (χ1) is 17.7. The van der Waals surface area contributed by atoms with E-state index in [9.17, 15) is 0 Å². The Morgan fingerprint density at radius 1 is 1.00 bits per heavy atom. The smallest absolute Gasteiger partial charge is 0.141 e. The lowest BCUT2D eigenvalue weighted by Crippen LogP contribution is -2.27. The molecule has 5 heteroatoms. The molecule has 2 heterocycles. The van der Waals surface area contributed by atoms with Crippen LogP contribution in [0.3, 0.4) is 0 Å². The van der Waals surface area contributed by atoms with Gasteiger partial charge < -0.3 is 13.8 Å². The highest BCUT2D eigenvalue weighted by atomic mass is 16.5. The summed E-state index contributed by atoms with van der Waals surface area (Å²) in [6.45, 7) is 17.8. The molecule has 1 aliphatic rings. The van der Waals surface area contributed by atoms with Crippen molar-refractivity contribution in [3.05, 3.63) is 35.5 Å². The van der Waals surface area contributed by atoms with E-state index in [1.165, 1.54) is 37.0 Å². The first-order valence-electron chi connectivity index (χ1n) is 14.8. The Kier molecular flexibility index (Phi) is 9.15. The molecule has 1 aliphatic carbocycles. The van der Waals surface area contributed by atoms with Crippen molar-refractivity contribution >= 4 is 11.0 Å². The number of rotatable bonds is 11. The average molecular weight is 508 g/mol. The Hall–Kier alpha value is -2.14. The first-order valence-corrected chi connectivity index (χ1v) is 14.8. The summed E-state index contributed by atoms with van der Waals surface area (Å²) in [5.74, 6) is 3.99. The molecule has 0 radical (unpaired) electrons. The zero-order chi connectivity index (χ0) is 26.7. The summed E-state index contributed by atoms with van der Waals surface area (Å²) in [7, 11) is 0. The second-order valence-electron chi connectivity index (χ2n) is 11.9. The lowest BCUT2D eigenvalue weighted by atomic mass is 9.84. The highest BCUT2D eigenvalue weighted by Crippen LogP contribution is 2.41. The van der Waals surface area contributed by atoms with E-state index in [-0.39, 0.29) is 0 Å². The van der Waals surface area contributed by atoms with Crippen molar-refractivity contribution in [1.29, 1.82) is 0 Å². The summed E-state index contributed by atoms with van der Waals surface area (Å²) in [6, 6.07) is 7.28. The summed E-state index contributed by atoms with van der Waals surface area (Å²) < 4.78 is 14.3. The third-order valence-electron chi connectivity index (χ3n) is 8.84. The molecule has 2 aromatic heterocycles. The first kappa shape index (κ1) is 27.9. The number of hydrogen-bond acceptors (Lipinski definition) is 4. The van der Waals surface area contributed by atoms with Crippen LogP contribution in [0.5, 0.6) is 0 Å². The molecule has 3 aromatic rings. The standard InChI is InChI=1S/C32H49N3O2/c1-9-21(5)11-17-28(22(6)10-2)32-33-29-19-25(31-23(7)34-37-24(31)8)12-18-30(29)35(32)26-13-15-27(16-14-26)36-20(3)4/h12,18-22,26-28H,9-11,13-17H2,1-8H3/t21-,22-,26?,27?,28?/m1/s1. The number of aryl methyl sites for hydroxylation is 2. The summed E-state index contributed by atoms with van der Waals surface area (Å²) >= 11 is 0. The van der Waals surface area contributed by atoms with Crippen LogP contribution in [-0.2, 0) is 4.74 Å². The number of ether oxygens (including phenoxy) is 1. The molecule has 0 aliphatic heterocycles. The number of imidazole rings is 1. The Labute approximate surface area is 224 Å².